The second-order valence-corrected chi connectivity index (χ2v) is 6.29. The van der Waals surface area contributed by atoms with Crippen LogP contribution >= 0.6 is 0 Å². The highest BCUT2D eigenvalue weighted by Gasteiger charge is 2.28. The molecule has 2 saturated carbocycles. The number of ether oxygens (including phenoxy) is 1. The lowest BCUT2D eigenvalue weighted by Crippen LogP contribution is -2.46. The zero-order valence-electron chi connectivity index (χ0n) is 12.0. The number of hydrogen-bond donors (Lipinski definition) is 1. The van der Waals surface area contributed by atoms with Crippen molar-refractivity contribution >= 4 is 0 Å². The van der Waals surface area contributed by atoms with Crippen molar-refractivity contribution in [1.29, 1.82) is 0 Å². The van der Waals surface area contributed by atoms with Gasteiger partial charge in [0.2, 0.25) is 7.11 Å². The van der Waals surface area contributed by atoms with E-state index < -0.39 is 0 Å². The van der Waals surface area contributed by atoms with Crippen molar-refractivity contribution in [2.24, 2.45) is 0 Å². The summed E-state index contributed by atoms with van der Waals surface area (Å²) in [5.41, 5.74) is 0. The molecule has 0 aromatic heterocycles. The zero-order valence-corrected chi connectivity index (χ0v) is 12.0. The molecule has 2 rings (SSSR count). The number of hydrogen-bond acceptors (Lipinski definition) is 3. The van der Waals surface area contributed by atoms with Gasteiger partial charge in [-0.1, -0.05) is 0 Å². The molecule has 2 fully saturated rings. The maximum Gasteiger partial charge on any atom is 0.213 e. The van der Waals surface area contributed by atoms with Gasteiger partial charge in [-0.3, -0.25) is 0 Å². The van der Waals surface area contributed by atoms with E-state index in [1.807, 2.05) is 0 Å². The Morgan fingerprint density at radius 2 is 1.72 bits per heavy atom. The van der Waals surface area contributed by atoms with Gasteiger partial charge in [0.15, 0.2) is 0 Å². The van der Waals surface area contributed by atoms with Crippen LogP contribution in [-0.4, -0.2) is 43.2 Å². The van der Waals surface area contributed by atoms with Gasteiger partial charge in [-0.05, 0) is 65.5 Å². The molecule has 2 aliphatic rings. The molecular formula is C15H29N2O+. The molecule has 0 saturated heterocycles. The number of nitrogens with zero attached hydrogens (tertiary/aromatic N) is 1. The summed E-state index contributed by atoms with van der Waals surface area (Å²) in [4.78, 5) is 2.38. The van der Waals surface area contributed by atoms with E-state index in [4.69, 9.17) is 4.74 Å². The molecular weight excluding hydrogens is 224 g/mol. The van der Waals surface area contributed by atoms with Gasteiger partial charge in [0.1, 0.15) is 6.10 Å². The van der Waals surface area contributed by atoms with Crippen molar-refractivity contribution in [3.05, 3.63) is 7.11 Å². The minimum atomic E-state index is 0.384. The summed E-state index contributed by atoms with van der Waals surface area (Å²) in [5, 5.41) is 3.86. The minimum Gasteiger partial charge on any atom is -0.311 e. The molecule has 2 atom stereocenters. The fourth-order valence-corrected chi connectivity index (χ4v) is 3.54. The van der Waals surface area contributed by atoms with Crippen LogP contribution in [0.4, 0.5) is 0 Å². The molecule has 0 amide bonds. The highest BCUT2D eigenvalue weighted by molar-refractivity contribution is 4.86. The Labute approximate surface area is 112 Å². The summed E-state index contributed by atoms with van der Waals surface area (Å²) >= 11 is 0. The second-order valence-electron chi connectivity index (χ2n) is 6.29. The van der Waals surface area contributed by atoms with Crippen LogP contribution in [0.5, 0.6) is 0 Å². The third-order valence-electron chi connectivity index (χ3n) is 4.76. The summed E-state index contributed by atoms with van der Waals surface area (Å²) in [6.07, 6.45) is 10.7. The van der Waals surface area contributed by atoms with Gasteiger partial charge < -0.3 is 10.2 Å². The summed E-state index contributed by atoms with van der Waals surface area (Å²) in [7, 11) is 7.99. The lowest BCUT2D eigenvalue weighted by atomic mass is 9.87. The largest absolute Gasteiger partial charge is 0.311 e. The quantitative estimate of drug-likeness (QED) is 0.779. The number of nitrogens with one attached hydrogen (secondary N) is 1. The molecule has 0 aliphatic heterocycles. The van der Waals surface area contributed by atoms with Gasteiger partial charge in [0.25, 0.3) is 0 Å². The first kappa shape index (κ1) is 14.2. The highest BCUT2D eigenvalue weighted by atomic mass is 16.5. The molecule has 0 spiro atoms. The Kier molecular flexibility index (Phi) is 5.34. The van der Waals surface area contributed by atoms with E-state index in [1.54, 1.807) is 0 Å². The first-order valence-electron chi connectivity index (χ1n) is 7.52. The van der Waals surface area contributed by atoms with Crippen molar-refractivity contribution in [2.75, 3.05) is 14.1 Å². The first-order valence-corrected chi connectivity index (χ1v) is 7.52. The Bertz CT molecular complexity index is 237. The third-order valence-corrected chi connectivity index (χ3v) is 4.76. The molecule has 104 valence electrons. The lowest BCUT2D eigenvalue weighted by Gasteiger charge is -2.36. The van der Waals surface area contributed by atoms with Gasteiger partial charge >= 0.3 is 0 Å². The van der Waals surface area contributed by atoms with Crippen LogP contribution in [0, 0.1) is 7.11 Å². The average Bonchev–Trinajstić information content (AvgIpc) is 2.39. The molecule has 2 unspecified atom stereocenters. The summed E-state index contributed by atoms with van der Waals surface area (Å²) < 4.78 is 5.26. The van der Waals surface area contributed by atoms with E-state index in [9.17, 15) is 0 Å². The Balaban J connectivity index is 1.71. The molecule has 0 heterocycles. The van der Waals surface area contributed by atoms with Crippen LogP contribution in [0.15, 0.2) is 0 Å². The van der Waals surface area contributed by atoms with Crippen molar-refractivity contribution in [3.63, 3.8) is 0 Å². The van der Waals surface area contributed by atoms with Gasteiger partial charge in [-0.25, -0.2) is 0 Å². The minimum absolute atomic E-state index is 0.384. The standard InChI is InChI=1S/C15H29N2O/c1-17(2)14-9-7-12(8-10-14)16-13-5-4-6-15(11-13)18-3/h12-16H,3-11H2,1-2H3/q+1. The predicted octanol–water partition coefficient (Wildman–Crippen LogP) is 2.57. The smallest absolute Gasteiger partial charge is 0.213 e. The molecule has 0 aromatic carbocycles. The molecule has 2 aliphatic carbocycles. The van der Waals surface area contributed by atoms with Crippen LogP contribution in [0.25, 0.3) is 0 Å². The summed E-state index contributed by atoms with van der Waals surface area (Å²) in [6.45, 7) is 0. The predicted molar refractivity (Wildman–Crippen MR) is 75.4 cm³/mol. The first-order chi connectivity index (χ1) is 8.69. The van der Waals surface area contributed by atoms with E-state index in [0.29, 0.717) is 12.1 Å². The van der Waals surface area contributed by atoms with E-state index >= 15 is 0 Å². The van der Waals surface area contributed by atoms with Crippen LogP contribution in [0.1, 0.15) is 51.4 Å². The monoisotopic (exact) mass is 253 g/mol. The van der Waals surface area contributed by atoms with E-state index in [-0.39, 0.29) is 0 Å². The highest BCUT2D eigenvalue weighted by Crippen LogP contribution is 2.25. The molecule has 0 bridgehead atoms. The molecule has 0 aromatic rings. The van der Waals surface area contributed by atoms with E-state index in [1.165, 1.54) is 44.9 Å². The summed E-state index contributed by atoms with van der Waals surface area (Å²) in [5.74, 6) is 0. The Hall–Kier alpha value is -0.250. The van der Waals surface area contributed by atoms with Crippen molar-refractivity contribution in [3.8, 4) is 0 Å². The van der Waals surface area contributed by atoms with Gasteiger partial charge in [0.05, 0.1) is 0 Å². The van der Waals surface area contributed by atoms with Crippen molar-refractivity contribution < 1.29 is 4.74 Å². The van der Waals surface area contributed by atoms with E-state index in [0.717, 1.165) is 18.5 Å². The van der Waals surface area contributed by atoms with Crippen molar-refractivity contribution in [2.45, 2.75) is 75.6 Å². The van der Waals surface area contributed by atoms with Gasteiger partial charge in [0, 0.05) is 18.1 Å². The molecule has 0 radical (unpaired) electrons. The second kappa shape index (κ2) is 6.78. The Morgan fingerprint density at radius 3 is 2.33 bits per heavy atom. The molecule has 3 heteroatoms. The normalized spacial score (nSPS) is 37.9. The van der Waals surface area contributed by atoms with Gasteiger partial charge in [-0.15, -0.1) is 0 Å². The average molecular weight is 253 g/mol. The fraction of sp³-hybridized carbons (Fsp3) is 0.933. The van der Waals surface area contributed by atoms with Crippen LogP contribution in [0.2, 0.25) is 0 Å². The Morgan fingerprint density at radius 1 is 1.00 bits per heavy atom. The molecule has 3 nitrogen and oxygen atoms in total. The van der Waals surface area contributed by atoms with Crippen LogP contribution in [0.3, 0.4) is 0 Å². The van der Waals surface area contributed by atoms with E-state index in [2.05, 4.69) is 31.4 Å². The molecule has 18 heavy (non-hydrogen) atoms. The van der Waals surface area contributed by atoms with Gasteiger partial charge in [-0.2, -0.15) is 4.74 Å². The third kappa shape index (κ3) is 3.87. The van der Waals surface area contributed by atoms with Crippen molar-refractivity contribution in [1.82, 2.24) is 10.2 Å². The van der Waals surface area contributed by atoms with Crippen LogP contribution in [-0.2, 0) is 4.74 Å². The topological polar surface area (TPSA) is 24.5 Å². The fourth-order valence-electron chi connectivity index (χ4n) is 3.54. The number of rotatable bonds is 4. The maximum atomic E-state index is 5.26. The zero-order chi connectivity index (χ0) is 13.0. The maximum absolute atomic E-state index is 5.26. The molecule has 1 N–H and O–H groups in total. The SMILES string of the molecule is [CH2+]OC1CCCC(NC2CCC(N(C)C)CC2)C1. The summed E-state index contributed by atoms with van der Waals surface area (Å²) in [6, 6.07) is 2.19. The lowest BCUT2D eigenvalue weighted by molar-refractivity contribution is 0.0803. The van der Waals surface area contributed by atoms with Crippen LogP contribution < -0.4 is 5.32 Å².